The highest BCUT2D eigenvalue weighted by molar-refractivity contribution is 5.64. The third-order valence-electron chi connectivity index (χ3n) is 1.74. The van der Waals surface area contributed by atoms with Gasteiger partial charge in [-0.1, -0.05) is 0 Å². The molecule has 0 saturated heterocycles. The summed E-state index contributed by atoms with van der Waals surface area (Å²) in [6.45, 7) is 0.164. The van der Waals surface area contributed by atoms with E-state index in [1.165, 1.54) is 6.20 Å². The molecule has 0 aliphatic heterocycles. The van der Waals surface area contributed by atoms with Crippen LogP contribution in [-0.2, 0) is 17.8 Å². The third kappa shape index (κ3) is 4.37. The SMILES string of the molecule is NC(=O)OCCCc1cnc(CO)cn1. The summed E-state index contributed by atoms with van der Waals surface area (Å²) in [5, 5.41) is 8.73. The average Bonchev–Trinajstić information content (AvgIpc) is 2.25. The maximum absolute atomic E-state index is 10.2. The molecule has 1 heterocycles. The average molecular weight is 211 g/mol. The lowest BCUT2D eigenvalue weighted by Crippen LogP contribution is -2.14. The smallest absolute Gasteiger partial charge is 0.404 e. The van der Waals surface area contributed by atoms with Gasteiger partial charge in [-0.2, -0.15) is 0 Å². The zero-order valence-corrected chi connectivity index (χ0v) is 8.22. The minimum absolute atomic E-state index is 0.113. The first kappa shape index (κ1) is 11.4. The number of aliphatic hydroxyl groups excluding tert-OH is 1. The van der Waals surface area contributed by atoms with Crippen molar-refractivity contribution in [2.24, 2.45) is 5.73 Å². The molecule has 0 unspecified atom stereocenters. The van der Waals surface area contributed by atoms with Crippen LogP contribution in [-0.4, -0.2) is 27.8 Å². The van der Waals surface area contributed by atoms with E-state index in [2.05, 4.69) is 14.7 Å². The van der Waals surface area contributed by atoms with Gasteiger partial charge in [0.15, 0.2) is 0 Å². The fourth-order valence-corrected chi connectivity index (χ4v) is 1.02. The van der Waals surface area contributed by atoms with Crippen LogP contribution in [0.15, 0.2) is 12.4 Å². The Morgan fingerprint density at radius 3 is 2.60 bits per heavy atom. The number of aromatic nitrogens is 2. The maximum Gasteiger partial charge on any atom is 0.404 e. The molecule has 0 aromatic carbocycles. The van der Waals surface area contributed by atoms with E-state index in [1.807, 2.05) is 0 Å². The summed E-state index contributed by atoms with van der Waals surface area (Å²) in [7, 11) is 0. The number of nitrogens with zero attached hydrogens (tertiary/aromatic N) is 2. The van der Waals surface area contributed by atoms with Crippen LogP contribution in [0.25, 0.3) is 0 Å². The van der Waals surface area contributed by atoms with Gasteiger partial charge in [0.1, 0.15) is 0 Å². The Labute approximate surface area is 87.1 Å². The predicted octanol–water partition coefficient (Wildman–Crippen LogP) is -0.00320. The zero-order chi connectivity index (χ0) is 11.1. The Morgan fingerprint density at radius 1 is 1.40 bits per heavy atom. The molecular weight excluding hydrogens is 198 g/mol. The summed E-state index contributed by atoms with van der Waals surface area (Å²) in [4.78, 5) is 18.3. The van der Waals surface area contributed by atoms with Crippen molar-refractivity contribution in [1.82, 2.24) is 9.97 Å². The van der Waals surface area contributed by atoms with Gasteiger partial charge >= 0.3 is 6.09 Å². The van der Waals surface area contributed by atoms with Gasteiger partial charge in [-0.15, -0.1) is 0 Å². The molecule has 0 bridgehead atoms. The zero-order valence-electron chi connectivity index (χ0n) is 8.22. The van der Waals surface area contributed by atoms with Crippen molar-refractivity contribution in [1.29, 1.82) is 0 Å². The normalized spacial score (nSPS) is 9.93. The standard InChI is InChI=1S/C9H13N3O3/c10-9(14)15-3-1-2-7-4-12-8(6-13)5-11-7/h4-5,13H,1-3,6H2,(H2,10,14). The van der Waals surface area contributed by atoms with Crippen LogP contribution in [0.2, 0.25) is 0 Å². The van der Waals surface area contributed by atoms with Crippen LogP contribution in [0, 0.1) is 0 Å². The summed E-state index contributed by atoms with van der Waals surface area (Å²) >= 11 is 0. The Hall–Kier alpha value is -1.69. The molecule has 6 nitrogen and oxygen atoms in total. The topological polar surface area (TPSA) is 98.3 Å². The molecule has 1 aromatic rings. The molecule has 1 rings (SSSR count). The highest BCUT2D eigenvalue weighted by Gasteiger charge is 1.98. The number of carbonyl (C=O) groups excluding carboxylic acids is 1. The first-order valence-electron chi connectivity index (χ1n) is 4.55. The van der Waals surface area contributed by atoms with Gasteiger partial charge in [0.25, 0.3) is 0 Å². The maximum atomic E-state index is 10.2. The van der Waals surface area contributed by atoms with Crippen LogP contribution >= 0.6 is 0 Å². The molecule has 0 atom stereocenters. The molecular formula is C9H13N3O3. The number of primary amides is 1. The molecule has 0 aliphatic carbocycles. The van der Waals surface area contributed by atoms with Crippen LogP contribution in [0.1, 0.15) is 17.8 Å². The molecule has 0 fully saturated rings. The van der Waals surface area contributed by atoms with Gasteiger partial charge in [-0.05, 0) is 12.8 Å². The number of hydrogen-bond donors (Lipinski definition) is 2. The van der Waals surface area contributed by atoms with E-state index in [0.717, 1.165) is 5.69 Å². The molecule has 6 heteroatoms. The van der Waals surface area contributed by atoms with Crippen LogP contribution in [0.3, 0.4) is 0 Å². The van der Waals surface area contributed by atoms with Crippen molar-refractivity contribution in [3.05, 3.63) is 23.8 Å². The number of aryl methyl sites for hydroxylation is 1. The number of rotatable bonds is 5. The van der Waals surface area contributed by atoms with Gasteiger partial charge in [-0.25, -0.2) is 4.79 Å². The van der Waals surface area contributed by atoms with Crippen molar-refractivity contribution >= 4 is 6.09 Å². The fourth-order valence-electron chi connectivity index (χ4n) is 1.02. The number of aliphatic hydroxyl groups is 1. The van der Waals surface area contributed by atoms with Gasteiger partial charge in [0.05, 0.1) is 30.8 Å². The number of carbonyl (C=O) groups is 1. The first-order chi connectivity index (χ1) is 7.22. The minimum Gasteiger partial charge on any atom is -0.450 e. The van der Waals surface area contributed by atoms with Gasteiger partial charge in [-0.3, -0.25) is 9.97 Å². The van der Waals surface area contributed by atoms with E-state index in [4.69, 9.17) is 10.8 Å². The van der Waals surface area contributed by atoms with E-state index >= 15 is 0 Å². The number of nitrogens with two attached hydrogens (primary N) is 1. The second-order valence-electron chi connectivity index (χ2n) is 2.93. The largest absolute Gasteiger partial charge is 0.450 e. The minimum atomic E-state index is -0.767. The monoisotopic (exact) mass is 211 g/mol. The van der Waals surface area contributed by atoms with E-state index in [9.17, 15) is 4.79 Å². The van der Waals surface area contributed by atoms with E-state index in [-0.39, 0.29) is 13.2 Å². The molecule has 0 spiro atoms. The Kier molecular flexibility index (Phi) is 4.49. The lowest BCUT2D eigenvalue weighted by molar-refractivity contribution is 0.155. The summed E-state index contributed by atoms with van der Waals surface area (Å²) in [6, 6.07) is 0. The second-order valence-corrected chi connectivity index (χ2v) is 2.93. The summed E-state index contributed by atoms with van der Waals surface area (Å²) in [5.41, 5.74) is 6.12. The Morgan fingerprint density at radius 2 is 2.07 bits per heavy atom. The molecule has 0 saturated carbocycles. The highest BCUT2D eigenvalue weighted by atomic mass is 16.5. The highest BCUT2D eigenvalue weighted by Crippen LogP contribution is 1.99. The van der Waals surface area contributed by atoms with E-state index in [1.54, 1.807) is 6.20 Å². The van der Waals surface area contributed by atoms with Gasteiger partial charge < -0.3 is 15.6 Å². The Bertz CT molecular complexity index is 313. The number of ether oxygens (including phenoxy) is 1. The quantitative estimate of drug-likeness (QED) is 0.668. The van der Waals surface area contributed by atoms with Crippen molar-refractivity contribution < 1.29 is 14.6 Å². The Balaban J connectivity index is 2.28. The van der Waals surface area contributed by atoms with Crippen LogP contribution in [0.4, 0.5) is 4.79 Å². The van der Waals surface area contributed by atoms with Crippen molar-refractivity contribution in [2.45, 2.75) is 19.4 Å². The molecule has 0 radical (unpaired) electrons. The van der Waals surface area contributed by atoms with Gasteiger partial charge in [0.2, 0.25) is 0 Å². The first-order valence-corrected chi connectivity index (χ1v) is 4.55. The summed E-state index contributed by atoms with van der Waals surface area (Å²) in [5.74, 6) is 0. The number of amides is 1. The van der Waals surface area contributed by atoms with Crippen LogP contribution in [0.5, 0.6) is 0 Å². The van der Waals surface area contributed by atoms with Crippen LogP contribution < -0.4 is 5.73 Å². The lowest BCUT2D eigenvalue weighted by Gasteiger charge is -2.01. The molecule has 1 amide bonds. The van der Waals surface area contributed by atoms with E-state index in [0.29, 0.717) is 18.5 Å². The summed E-state index contributed by atoms with van der Waals surface area (Å²) in [6.07, 6.45) is 3.65. The van der Waals surface area contributed by atoms with E-state index < -0.39 is 6.09 Å². The van der Waals surface area contributed by atoms with Crippen molar-refractivity contribution in [3.8, 4) is 0 Å². The number of hydrogen-bond acceptors (Lipinski definition) is 5. The lowest BCUT2D eigenvalue weighted by atomic mass is 10.2. The summed E-state index contributed by atoms with van der Waals surface area (Å²) < 4.78 is 4.56. The fraction of sp³-hybridized carbons (Fsp3) is 0.444. The van der Waals surface area contributed by atoms with Crippen molar-refractivity contribution in [2.75, 3.05) is 6.61 Å². The third-order valence-corrected chi connectivity index (χ3v) is 1.74. The molecule has 3 N–H and O–H groups in total. The second kappa shape index (κ2) is 5.92. The molecule has 1 aromatic heterocycles. The van der Waals surface area contributed by atoms with Gasteiger partial charge in [0, 0.05) is 6.20 Å². The molecule has 15 heavy (non-hydrogen) atoms. The van der Waals surface area contributed by atoms with Crippen molar-refractivity contribution in [3.63, 3.8) is 0 Å². The predicted molar refractivity (Wildman–Crippen MR) is 51.8 cm³/mol. The molecule has 0 aliphatic rings. The molecule has 82 valence electrons.